The van der Waals surface area contributed by atoms with Gasteiger partial charge in [0.15, 0.2) is 0 Å². The van der Waals surface area contributed by atoms with E-state index in [1.54, 1.807) is 43.3 Å². The zero-order chi connectivity index (χ0) is 23.4. The van der Waals surface area contributed by atoms with Crippen LogP contribution in [0, 0.1) is 6.92 Å². The summed E-state index contributed by atoms with van der Waals surface area (Å²) in [6.45, 7) is 1.67. The maximum Gasteiger partial charge on any atom is 0.262 e. The van der Waals surface area contributed by atoms with Crippen molar-refractivity contribution in [3.8, 4) is 11.1 Å². The molecule has 0 aliphatic heterocycles. The van der Waals surface area contributed by atoms with Crippen LogP contribution in [0.5, 0.6) is 0 Å². The van der Waals surface area contributed by atoms with E-state index in [-0.39, 0.29) is 21.2 Å². The van der Waals surface area contributed by atoms with Gasteiger partial charge >= 0.3 is 0 Å². The van der Waals surface area contributed by atoms with Crippen molar-refractivity contribution in [2.45, 2.75) is 11.8 Å². The Labute approximate surface area is 198 Å². The number of carbonyl (C=O) groups is 1. The van der Waals surface area contributed by atoms with E-state index in [1.807, 2.05) is 54.6 Å². The van der Waals surface area contributed by atoms with E-state index >= 15 is 0 Å². The van der Waals surface area contributed by atoms with E-state index in [9.17, 15) is 13.2 Å². The molecule has 0 unspecified atom stereocenters. The van der Waals surface area contributed by atoms with Gasteiger partial charge in [0.1, 0.15) is 0 Å². The highest BCUT2D eigenvalue weighted by Gasteiger charge is 2.21. The molecule has 166 valence electrons. The second-order valence-electron chi connectivity index (χ2n) is 7.43. The molecule has 33 heavy (non-hydrogen) atoms. The van der Waals surface area contributed by atoms with Gasteiger partial charge in [-0.3, -0.25) is 9.52 Å². The fraction of sp³-hybridized carbons (Fsp3) is 0.0385. The molecule has 2 N–H and O–H groups in total. The van der Waals surface area contributed by atoms with Gasteiger partial charge in [-0.1, -0.05) is 78.3 Å². The molecule has 0 aliphatic carbocycles. The quantitative estimate of drug-likeness (QED) is 0.339. The Morgan fingerprint density at radius 3 is 2.15 bits per heavy atom. The number of rotatable bonds is 6. The summed E-state index contributed by atoms with van der Waals surface area (Å²) in [6, 6.07) is 28.3. The molecule has 0 saturated carbocycles. The molecule has 4 aromatic carbocycles. The molecule has 0 aliphatic rings. The van der Waals surface area contributed by atoms with Crippen LogP contribution in [-0.4, -0.2) is 14.3 Å². The van der Waals surface area contributed by atoms with Crippen LogP contribution in [0.4, 0.5) is 11.4 Å². The Kier molecular flexibility index (Phi) is 6.49. The molecular weight excluding hydrogens is 456 g/mol. The van der Waals surface area contributed by atoms with Crippen LogP contribution in [0.25, 0.3) is 11.1 Å². The molecular formula is C26H21ClN2O3S. The van der Waals surface area contributed by atoms with Crippen molar-refractivity contribution in [2.24, 2.45) is 0 Å². The predicted molar refractivity (Wildman–Crippen MR) is 133 cm³/mol. The van der Waals surface area contributed by atoms with Crippen LogP contribution in [0.2, 0.25) is 5.02 Å². The van der Waals surface area contributed by atoms with Crippen LogP contribution < -0.4 is 10.0 Å². The van der Waals surface area contributed by atoms with Crippen molar-refractivity contribution in [3.05, 3.63) is 113 Å². The van der Waals surface area contributed by atoms with Crippen LogP contribution in [0.1, 0.15) is 15.9 Å². The Morgan fingerprint density at radius 1 is 0.788 bits per heavy atom. The number of amides is 1. The van der Waals surface area contributed by atoms with Gasteiger partial charge in [0.05, 0.1) is 15.6 Å². The van der Waals surface area contributed by atoms with Crippen molar-refractivity contribution < 1.29 is 13.2 Å². The highest BCUT2D eigenvalue weighted by atomic mass is 35.5. The molecule has 0 heterocycles. The Hall–Kier alpha value is -3.61. The summed E-state index contributed by atoms with van der Waals surface area (Å²) < 4.78 is 28.6. The average Bonchev–Trinajstić information content (AvgIpc) is 2.81. The molecule has 5 nitrogen and oxygen atoms in total. The lowest BCUT2D eigenvalue weighted by atomic mass is 10.0. The summed E-state index contributed by atoms with van der Waals surface area (Å²) in [7, 11) is -3.96. The Bertz CT molecular complexity index is 1420. The highest BCUT2D eigenvalue weighted by Crippen LogP contribution is 2.29. The number of hydrogen-bond acceptors (Lipinski definition) is 3. The molecule has 0 radical (unpaired) electrons. The summed E-state index contributed by atoms with van der Waals surface area (Å²) in [5, 5.41) is 3.19. The number of hydrogen-bond donors (Lipinski definition) is 2. The Morgan fingerprint density at radius 2 is 1.42 bits per heavy atom. The predicted octanol–water partition coefficient (Wildman–Crippen LogP) is 6.37. The lowest BCUT2D eigenvalue weighted by Crippen LogP contribution is -2.17. The van der Waals surface area contributed by atoms with E-state index in [4.69, 9.17) is 11.6 Å². The molecule has 7 heteroatoms. The maximum atomic E-state index is 13.1. The monoisotopic (exact) mass is 476 g/mol. The van der Waals surface area contributed by atoms with E-state index in [1.165, 1.54) is 6.07 Å². The number of para-hydroxylation sites is 2. The number of halogens is 1. The van der Waals surface area contributed by atoms with Crippen molar-refractivity contribution in [1.82, 2.24) is 0 Å². The first-order chi connectivity index (χ1) is 15.8. The SMILES string of the molecule is Cc1ccc(C(=O)Nc2ccccc2-c2ccccc2)cc1S(=O)(=O)Nc1ccccc1Cl. The molecule has 0 atom stereocenters. The van der Waals surface area contributed by atoms with Gasteiger partial charge in [-0.05, 0) is 48.4 Å². The number of carbonyl (C=O) groups excluding carboxylic acids is 1. The topological polar surface area (TPSA) is 75.3 Å². The number of benzene rings is 4. The third-order valence-corrected chi connectivity index (χ3v) is 6.96. The van der Waals surface area contributed by atoms with E-state index in [2.05, 4.69) is 10.0 Å². The number of sulfonamides is 1. The van der Waals surface area contributed by atoms with Gasteiger partial charge in [-0.15, -0.1) is 0 Å². The average molecular weight is 477 g/mol. The zero-order valence-electron chi connectivity index (χ0n) is 17.7. The molecule has 0 spiro atoms. The minimum absolute atomic E-state index is 0.00594. The number of aryl methyl sites for hydroxylation is 1. The maximum absolute atomic E-state index is 13.1. The lowest BCUT2D eigenvalue weighted by Gasteiger charge is -2.14. The smallest absolute Gasteiger partial charge is 0.262 e. The molecule has 1 amide bonds. The minimum Gasteiger partial charge on any atom is -0.321 e. The zero-order valence-corrected chi connectivity index (χ0v) is 19.3. The molecule has 0 saturated heterocycles. The van der Waals surface area contributed by atoms with Crippen molar-refractivity contribution in [2.75, 3.05) is 10.0 Å². The largest absolute Gasteiger partial charge is 0.321 e. The standard InChI is InChI=1S/C26H21ClN2O3S/c1-18-15-16-20(17-25(18)33(31,32)29-24-14-8-6-12-22(24)27)26(30)28-23-13-7-5-11-21(23)19-9-3-2-4-10-19/h2-17,29H,1H3,(H,28,30). The van der Waals surface area contributed by atoms with E-state index in [0.717, 1.165) is 11.1 Å². The van der Waals surface area contributed by atoms with Gasteiger partial charge in [0, 0.05) is 16.8 Å². The van der Waals surface area contributed by atoms with Gasteiger partial charge < -0.3 is 5.32 Å². The van der Waals surface area contributed by atoms with Crippen LogP contribution >= 0.6 is 11.6 Å². The fourth-order valence-electron chi connectivity index (χ4n) is 3.43. The number of nitrogens with one attached hydrogen (secondary N) is 2. The van der Waals surface area contributed by atoms with E-state index < -0.39 is 15.9 Å². The summed E-state index contributed by atoms with van der Waals surface area (Å²) in [5.41, 5.74) is 3.47. The van der Waals surface area contributed by atoms with Crippen LogP contribution in [0.3, 0.4) is 0 Å². The van der Waals surface area contributed by atoms with Crippen molar-refractivity contribution in [3.63, 3.8) is 0 Å². The first-order valence-corrected chi connectivity index (χ1v) is 12.0. The minimum atomic E-state index is -3.96. The van der Waals surface area contributed by atoms with Gasteiger partial charge in [-0.2, -0.15) is 0 Å². The van der Waals surface area contributed by atoms with Gasteiger partial charge in [0.25, 0.3) is 15.9 Å². The normalized spacial score (nSPS) is 11.1. The van der Waals surface area contributed by atoms with E-state index in [0.29, 0.717) is 11.3 Å². The highest BCUT2D eigenvalue weighted by molar-refractivity contribution is 7.92. The molecule has 0 bridgehead atoms. The molecule has 0 aromatic heterocycles. The second-order valence-corrected chi connectivity index (χ2v) is 9.49. The third kappa shape index (κ3) is 5.08. The summed E-state index contributed by atoms with van der Waals surface area (Å²) in [6.07, 6.45) is 0. The summed E-state index contributed by atoms with van der Waals surface area (Å²) in [5.74, 6) is -0.410. The third-order valence-electron chi connectivity index (χ3n) is 5.12. The first kappa shape index (κ1) is 22.6. The molecule has 4 aromatic rings. The summed E-state index contributed by atoms with van der Waals surface area (Å²) >= 11 is 6.10. The number of anilines is 2. The van der Waals surface area contributed by atoms with Gasteiger partial charge in [-0.25, -0.2) is 8.42 Å². The fourth-order valence-corrected chi connectivity index (χ4v) is 5.02. The van der Waals surface area contributed by atoms with Crippen molar-refractivity contribution >= 4 is 38.9 Å². The first-order valence-electron chi connectivity index (χ1n) is 10.2. The second kappa shape index (κ2) is 9.48. The lowest BCUT2D eigenvalue weighted by molar-refractivity contribution is 0.102. The van der Waals surface area contributed by atoms with Crippen molar-refractivity contribution in [1.29, 1.82) is 0 Å². The van der Waals surface area contributed by atoms with Crippen LogP contribution in [-0.2, 0) is 10.0 Å². The van der Waals surface area contributed by atoms with Crippen LogP contribution in [0.15, 0.2) is 102 Å². The molecule has 0 fully saturated rings. The van der Waals surface area contributed by atoms with Gasteiger partial charge in [0.2, 0.25) is 0 Å². The Balaban J connectivity index is 1.64. The molecule has 4 rings (SSSR count). The summed E-state index contributed by atoms with van der Waals surface area (Å²) in [4.78, 5) is 13.1.